The van der Waals surface area contributed by atoms with E-state index in [1.807, 2.05) is 12.1 Å². The molecule has 16 heavy (non-hydrogen) atoms. The topological polar surface area (TPSA) is 20.3 Å². The molecule has 1 aromatic carbocycles. The molecule has 0 spiro atoms. The Morgan fingerprint density at radius 2 is 2.12 bits per heavy atom. The van der Waals surface area contributed by atoms with Gasteiger partial charge in [0.15, 0.2) is 0 Å². The van der Waals surface area contributed by atoms with E-state index in [0.29, 0.717) is 0 Å². The molecule has 1 atom stereocenters. The molecule has 1 fully saturated rings. The highest BCUT2D eigenvalue weighted by Crippen LogP contribution is 2.17. The quantitative estimate of drug-likeness (QED) is 0.726. The predicted molar refractivity (Wildman–Crippen MR) is 65.5 cm³/mol. The second-order valence-corrected chi connectivity index (χ2v) is 4.84. The fourth-order valence-corrected chi connectivity index (χ4v) is 2.39. The maximum Gasteiger partial charge on any atom is 0.150 e. The van der Waals surface area contributed by atoms with E-state index in [4.69, 9.17) is 0 Å². The Morgan fingerprint density at radius 3 is 2.75 bits per heavy atom. The molecule has 2 rings (SSSR count). The van der Waals surface area contributed by atoms with Crippen LogP contribution in [0.25, 0.3) is 0 Å². The largest absolute Gasteiger partial charge is 0.299 e. The third kappa shape index (κ3) is 2.92. The summed E-state index contributed by atoms with van der Waals surface area (Å²) in [5.74, 6) is 0.822. The van der Waals surface area contributed by atoms with Crippen molar-refractivity contribution in [2.24, 2.45) is 5.92 Å². The first kappa shape index (κ1) is 11.3. The second kappa shape index (κ2) is 5.26. The first-order valence-electron chi connectivity index (χ1n) is 6.04. The van der Waals surface area contributed by atoms with Gasteiger partial charge in [0.1, 0.15) is 6.29 Å². The van der Waals surface area contributed by atoms with Gasteiger partial charge in [0.05, 0.1) is 0 Å². The Kier molecular flexibility index (Phi) is 3.73. The number of aldehydes is 1. The summed E-state index contributed by atoms with van der Waals surface area (Å²) in [4.78, 5) is 13.0. The summed E-state index contributed by atoms with van der Waals surface area (Å²) >= 11 is 0. The lowest BCUT2D eigenvalue weighted by molar-refractivity contribution is 0.112. The molecule has 1 heterocycles. The van der Waals surface area contributed by atoms with E-state index >= 15 is 0 Å². The number of hydrogen-bond acceptors (Lipinski definition) is 2. The van der Waals surface area contributed by atoms with E-state index in [9.17, 15) is 4.79 Å². The molecule has 0 bridgehead atoms. The van der Waals surface area contributed by atoms with Crippen LogP contribution in [0.5, 0.6) is 0 Å². The monoisotopic (exact) mass is 217 g/mol. The van der Waals surface area contributed by atoms with Gasteiger partial charge in [-0.05, 0) is 30.9 Å². The molecular formula is C14H19NO. The van der Waals surface area contributed by atoms with Crippen molar-refractivity contribution in [3.63, 3.8) is 0 Å². The lowest BCUT2D eigenvalue weighted by atomic mass is 10.00. The second-order valence-electron chi connectivity index (χ2n) is 4.84. The summed E-state index contributed by atoms with van der Waals surface area (Å²) in [7, 11) is 0. The zero-order valence-corrected chi connectivity index (χ0v) is 9.86. The molecule has 0 aromatic heterocycles. The van der Waals surface area contributed by atoms with Crippen molar-refractivity contribution < 1.29 is 4.79 Å². The highest BCUT2D eigenvalue weighted by molar-refractivity contribution is 5.74. The molecular weight excluding hydrogens is 198 g/mol. The van der Waals surface area contributed by atoms with Crippen molar-refractivity contribution in [1.29, 1.82) is 0 Å². The van der Waals surface area contributed by atoms with Crippen molar-refractivity contribution in [3.05, 3.63) is 35.4 Å². The number of rotatable bonds is 3. The van der Waals surface area contributed by atoms with Crippen LogP contribution in [-0.2, 0) is 6.54 Å². The van der Waals surface area contributed by atoms with Crippen LogP contribution >= 0.6 is 0 Å². The molecule has 0 N–H and O–H groups in total. The minimum absolute atomic E-state index is 0.760. The third-order valence-corrected chi connectivity index (χ3v) is 3.26. The van der Waals surface area contributed by atoms with Gasteiger partial charge in [-0.1, -0.05) is 31.2 Å². The van der Waals surface area contributed by atoms with E-state index in [-0.39, 0.29) is 0 Å². The van der Waals surface area contributed by atoms with E-state index in [1.54, 1.807) is 0 Å². The van der Waals surface area contributed by atoms with Crippen LogP contribution in [0.1, 0.15) is 35.7 Å². The minimum Gasteiger partial charge on any atom is -0.299 e. The van der Waals surface area contributed by atoms with Crippen LogP contribution in [0.4, 0.5) is 0 Å². The van der Waals surface area contributed by atoms with Crippen LogP contribution in [0.3, 0.4) is 0 Å². The highest BCUT2D eigenvalue weighted by Gasteiger charge is 2.15. The molecule has 1 aromatic rings. The molecule has 0 unspecified atom stereocenters. The van der Waals surface area contributed by atoms with Crippen LogP contribution in [-0.4, -0.2) is 24.3 Å². The van der Waals surface area contributed by atoms with Crippen LogP contribution < -0.4 is 0 Å². The van der Waals surface area contributed by atoms with Crippen LogP contribution in [0.2, 0.25) is 0 Å². The van der Waals surface area contributed by atoms with Crippen LogP contribution in [0, 0.1) is 5.92 Å². The zero-order chi connectivity index (χ0) is 11.4. The Morgan fingerprint density at radius 1 is 1.38 bits per heavy atom. The number of benzene rings is 1. The van der Waals surface area contributed by atoms with Crippen molar-refractivity contribution in [2.45, 2.75) is 26.3 Å². The molecule has 2 heteroatoms. The first-order valence-corrected chi connectivity index (χ1v) is 6.04. The molecule has 0 amide bonds. The van der Waals surface area contributed by atoms with Crippen molar-refractivity contribution >= 4 is 6.29 Å². The Balaban J connectivity index is 1.94. The molecule has 0 radical (unpaired) electrons. The molecule has 1 aliphatic rings. The molecule has 1 aliphatic heterocycles. The fourth-order valence-electron chi connectivity index (χ4n) is 2.39. The number of hydrogen-bond donors (Lipinski definition) is 0. The van der Waals surface area contributed by atoms with Gasteiger partial charge in [-0.15, -0.1) is 0 Å². The van der Waals surface area contributed by atoms with Gasteiger partial charge >= 0.3 is 0 Å². The van der Waals surface area contributed by atoms with Crippen molar-refractivity contribution in [2.75, 3.05) is 13.1 Å². The third-order valence-electron chi connectivity index (χ3n) is 3.26. The van der Waals surface area contributed by atoms with Gasteiger partial charge in [0, 0.05) is 18.7 Å². The highest BCUT2D eigenvalue weighted by atomic mass is 16.1. The van der Waals surface area contributed by atoms with Gasteiger partial charge in [0.25, 0.3) is 0 Å². The Bertz CT molecular complexity index is 344. The summed E-state index contributed by atoms with van der Waals surface area (Å²) in [6.07, 6.45) is 3.57. The lowest BCUT2D eigenvalue weighted by Crippen LogP contribution is -2.33. The minimum atomic E-state index is 0.760. The van der Waals surface area contributed by atoms with E-state index in [1.165, 1.54) is 31.5 Å². The maximum atomic E-state index is 10.5. The number of likely N-dealkylation sites (tertiary alicyclic amines) is 1. The molecule has 1 saturated heterocycles. The zero-order valence-electron chi connectivity index (χ0n) is 9.86. The lowest BCUT2D eigenvalue weighted by Gasteiger charge is -2.30. The average Bonchev–Trinajstić information content (AvgIpc) is 2.30. The first-order chi connectivity index (χ1) is 7.78. The number of piperidine rings is 1. The Labute approximate surface area is 97.3 Å². The van der Waals surface area contributed by atoms with Crippen molar-refractivity contribution in [3.8, 4) is 0 Å². The fraction of sp³-hybridized carbons (Fsp3) is 0.500. The van der Waals surface area contributed by atoms with Crippen molar-refractivity contribution in [1.82, 2.24) is 4.90 Å². The molecule has 86 valence electrons. The smallest absolute Gasteiger partial charge is 0.150 e. The summed E-state index contributed by atoms with van der Waals surface area (Å²) in [6.45, 7) is 5.75. The van der Waals surface area contributed by atoms with Crippen LogP contribution in [0.15, 0.2) is 24.3 Å². The maximum absolute atomic E-state index is 10.5. The van der Waals surface area contributed by atoms with E-state index < -0.39 is 0 Å². The average molecular weight is 217 g/mol. The van der Waals surface area contributed by atoms with Gasteiger partial charge in [0.2, 0.25) is 0 Å². The molecule has 0 aliphatic carbocycles. The normalized spacial score (nSPS) is 21.9. The Hall–Kier alpha value is -1.15. The standard InChI is InChI=1S/C14H19NO/c1-12-3-2-8-15(9-12)10-13-4-6-14(11-16)7-5-13/h4-7,11-12H,2-3,8-10H2,1H3/t12-/m0/s1. The van der Waals surface area contributed by atoms with E-state index in [2.05, 4.69) is 24.0 Å². The molecule has 0 saturated carbocycles. The van der Waals surface area contributed by atoms with E-state index in [0.717, 1.165) is 24.3 Å². The van der Waals surface area contributed by atoms with Gasteiger partial charge in [-0.25, -0.2) is 0 Å². The summed E-state index contributed by atoms with van der Waals surface area (Å²) in [5, 5.41) is 0. The summed E-state index contributed by atoms with van der Waals surface area (Å²) < 4.78 is 0. The number of nitrogens with zero attached hydrogens (tertiary/aromatic N) is 1. The number of carbonyl (C=O) groups excluding carboxylic acids is 1. The number of carbonyl (C=O) groups is 1. The van der Waals surface area contributed by atoms with Gasteiger partial charge in [-0.2, -0.15) is 0 Å². The summed E-state index contributed by atoms with van der Waals surface area (Å²) in [6, 6.07) is 7.91. The SMILES string of the molecule is C[C@H]1CCCN(Cc2ccc(C=O)cc2)C1. The van der Waals surface area contributed by atoms with Gasteiger partial charge in [-0.3, -0.25) is 9.69 Å². The predicted octanol–water partition coefficient (Wildman–Crippen LogP) is 2.73. The van der Waals surface area contributed by atoms with Gasteiger partial charge < -0.3 is 0 Å². The summed E-state index contributed by atoms with van der Waals surface area (Å²) in [5.41, 5.74) is 2.07. The molecule has 2 nitrogen and oxygen atoms in total.